The molecule has 2 aromatic rings. The van der Waals surface area contributed by atoms with E-state index in [9.17, 15) is 4.79 Å². The fraction of sp³-hybridized carbons (Fsp3) is 0.625. The minimum absolute atomic E-state index is 0.124. The van der Waals surface area contributed by atoms with Crippen LogP contribution in [0.1, 0.15) is 17.9 Å². The van der Waals surface area contributed by atoms with Crippen LogP contribution in [0.25, 0.3) is 10.7 Å². The van der Waals surface area contributed by atoms with Crippen molar-refractivity contribution >= 4 is 22.4 Å². The molecule has 0 N–H and O–H groups in total. The zero-order valence-corrected chi connectivity index (χ0v) is 15.2. The van der Waals surface area contributed by atoms with Crippen LogP contribution < -0.4 is 4.90 Å². The first kappa shape index (κ1) is 16.5. The highest BCUT2D eigenvalue weighted by molar-refractivity contribution is 7.19. The van der Waals surface area contributed by atoms with Crippen LogP contribution in [0.5, 0.6) is 0 Å². The van der Waals surface area contributed by atoms with Crippen LogP contribution in [-0.2, 0) is 27.2 Å². The summed E-state index contributed by atoms with van der Waals surface area (Å²) in [7, 11) is 1.43. The van der Waals surface area contributed by atoms with Crippen LogP contribution in [0.2, 0.25) is 0 Å². The summed E-state index contributed by atoms with van der Waals surface area (Å²) in [4.78, 5) is 19.8. The molecule has 1 unspecified atom stereocenters. The van der Waals surface area contributed by atoms with E-state index in [2.05, 4.69) is 19.7 Å². The van der Waals surface area contributed by atoms with E-state index in [0.717, 1.165) is 66.6 Å². The first-order valence-electron chi connectivity index (χ1n) is 8.47. The zero-order chi connectivity index (χ0) is 17.4. The van der Waals surface area contributed by atoms with E-state index in [-0.39, 0.29) is 11.9 Å². The van der Waals surface area contributed by atoms with Crippen LogP contribution in [0.4, 0.5) is 5.13 Å². The highest BCUT2D eigenvalue weighted by atomic mass is 32.1. The molecule has 4 rings (SSSR count). The zero-order valence-electron chi connectivity index (χ0n) is 14.4. The number of carbonyl (C=O) groups excluding carboxylic acids is 1. The minimum Gasteiger partial charge on any atom is -0.469 e. The summed E-state index contributed by atoms with van der Waals surface area (Å²) in [5, 5.41) is 9.72. The molecule has 8 nitrogen and oxygen atoms in total. The summed E-state index contributed by atoms with van der Waals surface area (Å²) >= 11 is 1.65. The number of aryl methyl sites for hydroxylation is 1. The van der Waals surface area contributed by atoms with E-state index < -0.39 is 0 Å². The van der Waals surface area contributed by atoms with Gasteiger partial charge >= 0.3 is 5.97 Å². The van der Waals surface area contributed by atoms with Gasteiger partial charge in [-0.25, -0.2) is 4.98 Å². The molecule has 2 aromatic heterocycles. The van der Waals surface area contributed by atoms with Gasteiger partial charge in [-0.15, -0.1) is 10.2 Å². The molecular weight excluding hydrogens is 342 g/mol. The number of thiazole rings is 1. The highest BCUT2D eigenvalue weighted by Crippen LogP contribution is 2.35. The maximum atomic E-state index is 11.8. The van der Waals surface area contributed by atoms with Crippen LogP contribution >= 0.6 is 11.3 Å². The fourth-order valence-electron chi connectivity index (χ4n) is 3.34. The number of esters is 1. The number of hydrogen-bond acceptors (Lipinski definition) is 8. The number of morpholine rings is 1. The number of anilines is 1. The third kappa shape index (κ3) is 3.02. The molecule has 0 aromatic carbocycles. The maximum Gasteiger partial charge on any atom is 0.309 e. The third-order valence-electron chi connectivity index (χ3n) is 4.76. The topological polar surface area (TPSA) is 82.4 Å². The van der Waals surface area contributed by atoms with Gasteiger partial charge in [0.2, 0.25) is 0 Å². The number of hydrogen-bond donors (Lipinski definition) is 0. The number of carbonyl (C=O) groups is 1. The Kier molecular flexibility index (Phi) is 4.43. The molecule has 0 spiro atoms. The molecule has 4 heterocycles. The van der Waals surface area contributed by atoms with Crippen molar-refractivity contribution in [1.29, 1.82) is 0 Å². The number of nitrogens with zero attached hydrogens (tertiary/aromatic N) is 5. The normalized spacial score (nSPS) is 20.4. The molecule has 0 saturated carbocycles. The quantitative estimate of drug-likeness (QED) is 0.760. The standard InChI is InChI=1S/C16H21N5O3S/c1-10-13(25-16(17-10)20-5-7-24-8-6-20)14-19-18-12-9-11(15(22)23-2)3-4-21(12)14/h11H,3-9H2,1-2H3. The molecular formula is C16H21N5O3S. The van der Waals surface area contributed by atoms with Crippen LogP contribution in [0, 0.1) is 12.8 Å². The molecule has 25 heavy (non-hydrogen) atoms. The van der Waals surface area contributed by atoms with Crippen molar-refractivity contribution in [3.8, 4) is 10.7 Å². The number of ether oxygens (including phenoxy) is 2. The van der Waals surface area contributed by atoms with Crippen molar-refractivity contribution in [3.05, 3.63) is 11.5 Å². The lowest BCUT2D eigenvalue weighted by Crippen LogP contribution is -2.36. The van der Waals surface area contributed by atoms with Gasteiger partial charge in [0.25, 0.3) is 0 Å². The number of fused-ring (bicyclic) bond motifs is 1. The van der Waals surface area contributed by atoms with Crippen molar-refractivity contribution in [1.82, 2.24) is 19.7 Å². The Hall–Kier alpha value is -2.00. The summed E-state index contributed by atoms with van der Waals surface area (Å²) < 4.78 is 12.4. The van der Waals surface area contributed by atoms with Gasteiger partial charge in [0, 0.05) is 26.1 Å². The highest BCUT2D eigenvalue weighted by Gasteiger charge is 2.30. The lowest BCUT2D eigenvalue weighted by atomic mass is 9.98. The average molecular weight is 363 g/mol. The van der Waals surface area contributed by atoms with E-state index in [4.69, 9.17) is 14.5 Å². The molecule has 134 valence electrons. The van der Waals surface area contributed by atoms with Gasteiger partial charge in [-0.3, -0.25) is 4.79 Å². The predicted octanol–water partition coefficient (Wildman–Crippen LogP) is 1.28. The van der Waals surface area contributed by atoms with Crippen LogP contribution in [-0.4, -0.2) is 59.1 Å². The number of rotatable bonds is 3. The molecule has 0 radical (unpaired) electrons. The van der Waals surface area contributed by atoms with Gasteiger partial charge in [-0.2, -0.15) is 0 Å². The second kappa shape index (κ2) is 6.72. The molecule has 1 saturated heterocycles. The van der Waals surface area contributed by atoms with Gasteiger partial charge in [0.15, 0.2) is 11.0 Å². The monoisotopic (exact) mass is 363 g/mol. The third-order valence-corrected chi connectivity index (χ3v) is 5.98. The van der Waals surface area contributed by atoms with Crippen LogP contribution in [0.15, 0.2) is 0 Å². The van der Waals surface area contributed by atoms with Gasteiger partial charge in [0.05, 0.1) is 36.8 Å². The first-order valence-corrected chi connectivity index (χ1v) is 9.29. The maximum absolute atomic E-state index is 11.8. The lowest BCUT2D eigenvalue weighted by molar-refractivity contribution is -0.146. The first-order chi connectivity index (χ1) is 12.2. The molecule has 2 aliphatic rings. The summed E-state index contributed by atoms with van der Waals surface area (Å²) in [6.07, 6.45) is 1.33. The van der Waals surface area contributed by atoms with Crippen molar-refractivity contribution in [2.45, 2.75) is 26.3 Å². The molecule has 0 amide bonds. The van der Waals surface area contributed by atoms with E-state index in [1.54, 1.807) is 11.3 Å². The van der Waals surface area contributed by atoms with Gasteiger partial charge in [0.1, 0.15) is 5.82 Å². The van der Waals surface area contributed by atoms with Crippen molar-refractivity contribution in [3.63, 3.8) is 0 Å². The Bertz CT molecular complexity index is 781. The van der Waals surface area contributed by atoms with E-state index in [1.807, 2.05) is 6.92 Å². The average Bonchev–Trinajstić information content (AvgIpc) is 3.24. The molecule has 2 aliphatic heterocycles. The molecule has 0 aliphatic carbocycles. The number of aromatic nitrogens is 4. The molecule has 9 heteroatoms. The Morgan fingerprint density at radius 1 is 1.28 bits per heavy atom. The van der Waals surface area contributed by atoms with E-state index in [1.165, 1.54) is 7.11 Å². The molecule has 1 atom stereocenters. The van der Waals surface area contributed by atoms with Crippen LogP contribution in [0.3, 0.4) is 0 Å². The van der Waals surface area contributed by atoms with Crippen molar-refractivity contribution < 1.29 is 14.3 Å². The Balaban J connectivity index is 1.60. The summed E-state index contributed by atoms with van der Waals surface area (Å²) in [6, 6.07) is 0. The second-order valence-electron chi connectivity index (χ2n) is 6.31. The van der Waals surface area contributed by atoms with Gasteiger partial charge in [-0.05, 0) is 13.3 Å². The Labute approximate surface area is 149 Å². The molecule has 0 bridgehead atoms. The number of methoxy groups -OCH3 is 1. The Morgan fingerprint density at radius 2 is 2.08 bits per heavy atom. The largest absolute Gasteiger partial charge is 0.469 e. The van der Waals surface area contributed by atoms with Crippen molar-refractivity contribution in [2.24, 2.45) is 5.92 Å². The lowest BCUT2D eigenvalue weighted by Gasteiger charge is -2.26. The molecule has 1 fully saturated rings. The minimum atomic E-state index is -0.167. The van der Waals surface area contributed by atoms with Gasteiger partial charge in [-0.1, -0.05) is 11.3 Å². The van der Waals surface area contributed by atoms with Crippen molar-refractivity contribution in [2.75, 3.05) is 38.3 Å². The summed E-state index contributed by atoms with van der Waals surface area (Å²) in [6.45, 7) is 5.95. The Morgan fingerprint density at radius 3 is 2.84 bits per heavy atom. The van der Waals surface area contributed by atoms with Gasteiger partial charge < -0.3 is 18.9 Å². The summed E-state index contributed by atoms with van der Waals surface area (Å²) in [5.41, 5.74) is 0.969. The smallest absolute Gasteiger partial charge is 0.309 e. The predicted molar refractivity (Wildman–Crippen MR) is 92.7 cm³/mol. The van der Waals surface area contributed by atoms with E-state index in [0.29, 0.717) is 6.42 Å². The fourth-order valence-corrected chi connectivity index (χ4v) is 4.46. The SMILES string of the molecule is COC(=O)C1CCn2c(nnc2-c2sc(N3CCOCC3)nc2C)C1. The summed E-state index contributed by atoms with van der Waals surface area (Å²) in [5.74, 6) is 1.41. The van der Waals surface area contributed by atoms with E-state index >= 15 is 0 Å². The second-order valence-corrected chi connectivity index (χ2v) is 7.29.